The minimum Gasteiger partial charge on any atom is -0.466 e. The lowest BCUT2D eigenvalue weighted by Crippen LogP contribution is -2.42. The standard InChI is InChI=1S/C18H21F3N2O6/c1-3-28-14(24)10-9-13(16(26)29-4-2)23-15(25)11-5-7-12(8-6-11)22-17(27)18(19,20)21/h5-8,13H,3-4,9-10H2,1-2H3,(H,22,27)(H,23,25)/t13-/m0/s1. The van der Waals surface area contributed by atoms with Crippen molar-refractivity contribution in [3.63, 3.8) is 0 Å². The fourth-order valence-electron chi connectivity index (χ4n) is 2.14. The van der Waals surface area contributed by atoms with Crippen LogP contribution in [0.1, 0.15) is 37.0 Å². The van der Waals surface area contributed by atoms with Gasteiger partial charge in [0.05, 0.1) is 13.2 Å². The van der Waals surface area contributed by atoms with Crippen molar-refractivity contribution in [3.05, 3.63) is 29.8 Å². The van der Waals surface area contributed by atoms with E-state index >= 15 is 0 Å². The minimum atomic E-state index is -5.04. The Kier molecular flexibility index (Phi) is 9.10. The number of amides is 2. The molecule has 0 saturated heterocycles. The summed E-state index contributed by atoms with van der Waals surface area (Å²) < 4.78 is 46.4. The van der Waals surface area contributed by atoms with Gasteiger partial charge in [0.2, 0.25) is 0 Å². The van der Waals surface area contributed by atoms with Crippen molar-refractivity contribution in [2.45, 2.75) is 38.9 Å². The number of carbonyl (C=O) groups excluding carboxylic acids is 4. The Morgan fingerprint density at radius 1 is 1.00 bits per heavy atom. The third-order valence-electron chi connectivity index (χ3n) is 3.48. The highest BCUT2D eigenvalue weighted by Gasteiger charge is 2.38. The van der Waals surface area contributed by atoms with Crippen LogP contribution in [0.3, 0.4) is 0 Å². The van der Waals surface area contributed by atoms with Gasteiger partial charge in [-0.05, 0) is 44.5 Å². The molecule has 11 heteroatoms. The molecule has 0 aromatic heterocycles. The van der Waals surface area contributed by atoms with Crippen LogP contribution < -0.4 is 10.6 Å². The first kappa shape index (κ1) is 23.9. The first-order valence-electron chi connectivity index (χ1n) is 8.69. The maximum Gasteiger partial charge on any atom is 0.471 e. The molecule has 8 nitrogen and oxygen atoms in total. The van der Waals surface area contributed by atoms with Crippen molar-refractivity contribution in [2.75, 3.05) is 18.5 Å². The highest BCUT2D eigenvalue weighted by molar-refractivity contribution is 5.98. The summed E-state index contributed by atoms with van der Waals surface area (Å²) in [6, 6.07) is 3.45. The molecule has 0 aliphatic rings. The van der Waals surface area contributed by atoms with Crippen molar-refractivity contribution in [1.29, 1.82) is 0 Å². The number of ether oxygens (including phenoxy) is 2. The molecule has 1 atom stereocenters. The lowest BCUT2D eigenvalue weighted by atomic mass is 10.1. The Balaban J connectivity index is 2.78. The molecule has 0 aliphatic carbocycles. The molecule has 0 bridgehead atoms. The number of nitrogens with one attached hydrogen (secondary N) is 2. The van der Waals surface area contributed by atoms with Gasteiger partial charge >= 0.3 is 24.0 Å². The summed E-state index contributed by atoms with van der Waals surface area (Å²) >= 11 is 0. The fourth-order valence-corrected chi connectivity index (χ4v) is 2.14. The van der Waals surface area contributed by atoms with Crippen molar-refractivity contribution >= 4 is 29.4 Å². The summed E-state index contributed by atoms with van der Waals surface area (Å²) in [5, 5.41) is 4.06. The number of halogens is 3. The van der Waals surface area contributed by atoms with E-state index in [-0.39, 0.29) is 37.3 Å². The maximum atomic E-state index is 12.3. The number of hydrogen-bond donors (Lipinski definition) is 2. The van der Waals surface area contributed by atoms with Gasteiger partial charge in [-0.3, -0.25) is 14.4 Å². The summed E-state index contributed by atoms with van der Waals surface area (Å²) in [5.41, 5.74) is -0.131. The molecule has 2 N–H and O–H groups in total. The summed E-state index contributed by atoms with van der Waals surface area (Å²) in [6.45, 7) is 3.45. The predicted molar refractivity (Wildman–Crippen MR) is 94.9 cm³/mol. The van der Waals surface area contributed by atoms with Gasteiger partial charge in [-0.15, -0.1) is 0 Å². The molecule has 0 spiro atoms. The van der Waals surface area contributed by atoms with Gasteiger partial charge in [0, 0.05) is 17.7 Å². The minimum absolute atomic E-state index is 0.0282. The first-order chi connectivity index (χ1) is 13.6. The molecule has 2 amide bonds. The number of rotatable bonds is 9. The monoisotopic (exact) mass is 418 g/mol. The third kappa shape index (κ3) is 8.20. The molecule has 1 rings (SSSR count). The number of alkyl halides is 3. The van der Waals surface area contributed by atoms with E-state index in [1.165, 1.54) is 12.1 Å². The Bertz CT molecular complexity index is 734. The van der Waals surface area contributed by atoms with Gasteiger partial charge < -0.3 is 20.1 Å². The highest BCUT2D eigenvalue weighted by Crippen LogP contribution is 2.18. The number of benzene rings is 1. The second kappa shape index (κ2) is 11.0. The molecule has 0 fully saturated rings. The van der Waals surface area contributed by atoms with E-state index in [9.17, 15) is 32.3 Å². The lowest BCUT2D eigenvalue weighted by molar-refractivity contribution is -0.167. The summed E-state index contributed by atoms with van der Waals surface area (Å²) in [4.78, 5) is 46.7. The zero-order chi connectivity index (χ0) is 22.0. The van der Waals surface area contributed by atoms with Crippen LogP contribution in [0.15, 0.2) is 24.3 Å². The Morgan fingerprint density at radius 2 is 1.59 bits per heavy atom. The third-order valence-corrected chi connectivity index (χ3v) is 3.48. The SMILES string of the molecule is CCOC(=O)CC[C@H](NC(=O)c1ccc(NC(=O)C(F)(F)F)cc1)C(=O)OCC. The molecule has 0 heterocycles. The average Bonchev–Trinajstić information content (AvgIpc) is 2.65. The molecular weight excluding hydrogens is 397 g/mol. The highest BCUT2D eigenvalue weighted by atomic mass is 19.4. The fraction of sp³-hybridized carbons (Fsp3) is 0.444. The number of hydrogen-bond acceptors (Lipinski definition) is 6. The van der Waals surface area contributed by atoms with Crippen LogP contribution in [-0.2, 0) is 23.9 Å². The van der Waals surface area contributed by atoms with E-state index in [0.717, 1.165) is 12.1 Å². The van der Waals surface area contributed by atoms with E-state index in [0.29, 0.717) is 0 Å². The lowest BCUT2D eigenvalue weighted by Gasteiger charge is -2.17. The molecule has 0 aliphatic heterocycles. The smallest absolute Gasteiger partial charge is 0.466 e. The quantitative estimate of drug-likeness (QED) is 0.595. The van der Waals surface area contributed by atoms with E-state index in [2.05, 4.69) is 5.32 Å². The molecule has 160 valence electrons. The summed E-state index contributed by atoms with van der Waals surface area (Å²) in [7, 11) is 0. The molecule has 0 saturated carbocycles. The Labute approximate surface area is 164 Å². The van der Waals surface area contributed by atoms with Crippen LogP contribution in [0.5, 0.6) is 0 Å². The van der Waals surface area contributed by atoms with Crippen molar-refractivity contribution in [3.8, 4) is 0 Å². The second-order valence-electron chi connectivity index (χ2n) is 5.65. The molecule has 1 aromatic rings. The van der Waals surface area contributed by atoms with Crippen molar-refractivity contribution in [2.24, 2.45) is 0 Å². The molecule has 1 aromatic carbocycles. The molecule has 0 radical (unpaired) electrons. The van der Waals surface area contributed by atoms with Crippen LogP contribution in [-0.4, -0.2) is 49.2 Å². The van der Waals surface area contributed by atoms with Gasteiger partial charge in [-0.2, -0.15) is 13.2 Å². The van der Waals surface area contributed by atoms with Gasteiger partial charge in [-0.25, -0.2) is 4.79 Å². The van der Waals surface area contributed by atoms with E-state index in [4.69, 9.17) is 9.47 Å². The van der Waals surface area contributed by atoms with Gasteiger partial charge in [0.15, 0.2) is 0 Å². The largest absolute Gasteiger partial charge is 0.471 e. The Hall–Kier alpha value is -3.11. The predicted octanol–water partition coefficient (Wildman–Crippen LogP) is 2.19. The van der Waals surface area contributed by atoms with Crippen molar-refractivity contribution in [1.82, 2.24) is 5.32 Å². The van der Waals surface area contributed by atoms with Gasteiger partial charge in [-0.1, -0.05) is 0 Å². The summed E-state index contributed by atoms with van der Waals surface area (Å²) in [6.07, 6.45) is -5.22. The number of carbonyl (C=O) groups is 4. The summed E-state index contributed by atoms with van der Waals surface area (Å²) in [5.74, 6) is -4.13. The van der Waals surface area contributed by atoms with Crippen LogP contribution in [0.4, 0.5) is 18.9 Å². The van der Waals surface area contributed by atoms with Crippen LogP contribution >= 0.6 is 0 Å². The van der Waals surface area contributed by atoms with Crippen molar-refractivity contribution < 1.29 is 41.8 Å². The number of esters is 2. The number of anilines is 1. The van der Waals surface area contributed by atoms with Gasteiger partial charge in [0.1, 0.15) is 6.04 Å². The maximum absolute atomic E-state index is 12.3. The van der Waals surface area contributed by atoms with E-state index in [1.54, 1.807) is 19.2 Å². The van der Waals surface area contributed by atoms with E-state index in [1.807, 2.05) is 0 Å². The molecular formula is C18H21F3N2O6. The van der Waals surface area contributed by atoms with Crippen LogP contribution in [0.2, 0.25) is 0 Å². The van der Waals surface area contributed by atoms with Crippen LogP contribution in [0.25, 0.3) is 0 Å². The zero-order valence-corrected chi connectivity index (χ0v) is 15.8. The van der Waals surface area contributed by atoms with E-state index < -0.39 is 36.0 Å². The normalized spacial score (nSPS) is 11.9. The molecule has 29 heavy (non-hydrogen) atoms. The van der Waals surface area contributed by atoms with Gasteiger partial charge in [0.25, 0.3) is 5.91 Å². The molecule has 0 unspecified atom stereocenters. The zero-order valence-electron chi connectivity index (χ0n) is 15.8. The Morgan fingerprint density at radius 3 is 2.10 bits per heavy atom. The second-order valence-corrected chi connectivity index (χ2v) is 5.65. The topological polar surface area (TPSA) is 111 Å². The van der Waals surface area contributed by atoms with Crippen LogP contribution in [0, 0.1) is 0 Å². The first-order valence-corrected chi connectivity index (χ1v) is 8.69. The average molecular weight is 418 g/mol.